The molecule has 2 aromatic heterocycles. The molecule has 0 spiro atoms. The van der Waals surface area contributed by atoms with Crippen molar-refractivity contribution in [1.82, 2.24) is 9.97 Å². The molecule has 1 atom stereocenters. The Labute approximate surface area is 102 Å². The third kappa shape index (κ3) is 1.61. The molecule has 0 radical (unpaired) electrons. The maximum absolute atomic E-state index is 9.32. The van der Waals surface area contributed by atoms with Gasteiger partial charge in [-0.1, -0.05) is 18.2 Å². The third-order valence-electron chi connectivity index (χ3n) is 2.74. The van der Waals surface area contributed by atoms with Crippen molar-refractivity contribution in [3.05, 3.63) is 53.4 Å². The molecule has 4 heteroatoms. The SMILES string of the molecule is N#CC(c1ncc[nH]1)c1csc2ccccc12. The minimum atomic E-state index is -0.318. The molecular formula is C13H9N3S. The smallest absolute Gasteiger partial charge is 0.130 e. The Hall–Kier alpha value is -2.12. The highest BCUT2D eigenvalue weighted by molar-refractivity contribution is 7.17. The van der Waals surface area contributed by atoms with Crippen LogP contribution in [-0.4, -0.2) is 9.97 Å². The zero-order chi connectivity index (χ0) is 11.7. The van der Waals surface area contributed by atoms with E-state index in [0.717, 1.165) is 10.9 Å². The lowest BCUT2D eigenvalue weighted by molar-refractivity contribution is 0.939. The van der Waals surface area contributed by atoms with Crippen LogP contribution in [0.3, 0.4) is 0 Å². The summed E-state index contributed by atoms with van der Waals surface area (Å²) in [6, 6.07) is 10.4. The predicted octanol–water partition coefficient (Wildman–Crippen LogP) is 3.28. The molecule has 1 aromatic carbocycles. The van der Waals surface area contributed by atoms with Gasteiger partial charge in [0.1, 0.15) is 11.7 Å². The first-order valence-corrected chi connectivity index (χ1v) is 6.13. The molecule has 17 heavy (non-hydrogen) atoms. The maximum Gasteiger partial charge on any atom is 0.130 e. The monoisotopic (exact) mass is 239 g/mol. The van der Waals surface area contributed by atoms with Crippen molar-refractivity contribution in [2.75, 3.05) is 0 Å². The molecule has 3 nitrogen and oxygen atoms in total. The van der Waals surface area contributed by atoms with Crippen LogP contribution in [0.25, 0.3) is 10.1 Å². The molecule has 1 unspecified atom stereocenters. The quantitative estimate of drug-likeness (QED) is 0.746. The van der Waals surface area contributed by atoms with Gasteiger partial charge in [0.05, 0.1) is 6.07 Å². The van der Waals surface area contributed by atoms with E-state index in [-0.39, 0.29) is 5.92 Å². The van der Waals surface area contributed by atoms with Gasteiger partial charge in [0.15, 0.2) is 0 Å². The van der Waals surface area contributed by atoms with E-state index in [9.17, 15) is 5.26 Å². The van der Waals surface area contributed by atoms with Gasteiger partial charge in [-0.15, -0.1) is 11.3 Å². The van der Waals surface area contributed by atoms with Crippen molar-refractivity contribution in [2.45, 2.75) is 5.92 Å². The van der Waals surface area contributed by atoms with Gasteiger partial charge < -0.3 is 4.98 Å². The summed E-state index contributed by atoms with van der Waals surface area (Å²) in [7, 11) is 0. The number of nitrogens with zero attached hydrogens (tertiary/aromatic N) is 2. The minimum Gasteiger partial charge on any atom is -0.347 e. The number of rotatable bonds is 2. The Bertz CT molecular complexity index is 676. The van der Waals surface area contributed by atoms with E-state index in [1.807, 2.05) is 17.5 Å². The Kier molecular flexibility index (Phi) is 2.39. The molecule has 0 aliphatic carbocycles. The Morgan fingerprint density at radius 3 is 3.00 bits per heavy atom. The average Bonchev–Trinajstić information content (AvgIpc) is 3.01. The molecule has 0 saturated heterocycles. The summed E-state index contributed by atoms with van der Waals surface area (Å²) in [5.74, 6) is 0.386. The number of nitriles is 1. The summed E-state index contributed by atoms with van der Waals surface area (Å²) in [4.78, 5) is 7.19. The van der Waals surface area contributed by atoms with Crippen LogP contribution in [0, 0.1) is 11.3 Å². The predicted molar refractivity (Wildman–Crippen MR) is 67.9 cm³/mol. The number of fused-ring (bicyclic) bond motifs is 1. The van der Waals surface area contributed by atoms with Crippen LogP contribution in [0.5, 0.6) is 0 Å². The van der Waals surface area contributed by atoms with E-state index >= 15 is 0 Å². The van der Waals surface area contributed by atoms with Gasteiger partial charge in [-0.25, -0.2) is 4.98 Å². The number of aromatic amines is 1. The van der Waals surface area contributed by atoms with Crippen molar-refractivity contribution in [1.29, 1.82) is 5.26 Å². The van der Waals surface area contributed by atoms with Gasteiger partial charge in [-0.2, -0.15) is 5.26 Å². The molecule has 0 amide bonds. The molecule has 0 bridgehead atoms. The van der Waals surface area contributed by atoms with E-state index in [1.54, 1.807) is 23.7 Å². The normalized spacial score (nSPS) is 12.4. The fraction of sp³-hybridized carbons (Fsp3) is 0.0769. The average molecular weight is 239 g/mol. The number of imidazole rings is 1. The number of aromatic nitrogens is 2. The van der Waals surface area contributed by atoms with Crippen molar-refractivity contribution < 1.29 is 0 Å². The molecule has 0 aliphatic rings. The van der Waals surface area contributed by atoms with Gasteiger partial charge in [0.25, 0.3) is 0 Å². The van der Waals surface area contributed by atoms with Crippen LogP contribution in [0.4, 0.5) is 0 Å². The lowest BCUT2D eigenvalue weighted by Gasteiger charge is -2.04. The van der Waals surface area contributed by atoms with Crippen LogP contribution in [0.1, 0.15) is 17.3 Å². The molecule has 2 heterocycles. The molecule has 82 valence electrons. The van der Waals surface area contributed by atoms with Crippen molar-refractivity contribution in [2.24, 2.45) is 0 Å². The summed E-state index contributed by atoms with van der Waals surface area (Å²) < 4.78 is 1.20. The number of nitrogens with one attached hydrogen (secondary N) is 1. The van der Waals surface area contributed by atoms with E-state index < -0.39 is 0 Å². The molecule has 0 aliphatic heterocycles. The van der Waals surface area contributed by atoms with Gasteiger partial charge in [0.2, 0.25) is 0 Å². The van der Waals surface area contributed by atoms with Crippen LogP contribution in [0.15, 0.2) is 42.0 Å². The fourth-order valence-corrected chi connectivity index (χ4v) is 2.92. The highest BCUT2D eigenvalue weighted by Gasteiger charge is 2.19. The minimum absolute atomic E-state index is 0.318. The lowest BCUT2D eigenvalue weighted by atomic mass is 9.99. The van der Waals surface area contributed by atoms with Crippen LogP contribution in [0.2, 0.25) is 0 Å². The van der Waals surface area contributed by atoms with Crippen LogP contribution >= 0.6 is 11.3 Å². The summed E-state index contributed by atoms with van der Waals surface area (Å²) in [5.41, 5.74) is 1.03. The van der Waals surface area contributed by atoms with Crippen molar-refractivity contribution in [3.8, 4) is 6.07 Å². The van der Waals surface area contributed by atoms with E-state index in [2.05, 4.69) is 28.2 Å². The first kappa shape index (κ1) is 10.1. The highest BCUT2D eigenvalue weighted by atomic mass is 32.1. The Balaban J connectivity index is 2.18. The highest BCUT2D eigenvalue weighted by Crippen LogP contribution is 2.33. The molecule has 3 aromatic rings. The van der Waals surface area contributed by atoms with E-state index in [0.29, 0.717) is 5.82 Å². The van der Waals surface area contributed by atoms with Crippen molar-refractivity contribution >= 4 is 21.4 Å². The van der Waals surface area contributed by atoms with Gasteiger partial charge in [-0.05, 0) is 22.4 Å². The maximum atomic E-state index is 9.32. The second kappa shape index (κ2) is 4.04. The number of H-pyrrole nitrogens is 1. The second-order valence-electron chi connectivity index (χ2n) is 3.72. The van der Waals surface area contributed by atoms with Crippen LogP contribution in [-0.2, 0) is 0 Å². The lowest BCUT2D eigenvalue weighted by Crippen LogP contribution is -1.99. The topological polar surface area (TPSA) is 52.5 Å². The molecule has 1 N–H and O–H groups in total. The summed E-state index contributed by atoms with van der Waals surface area (Å²) >= 11 is 1.66. The van der Waals surface area contributed by atoms with Gasteiger partial charge in [0, 0.05) is 17.1 Å². The first-order chi connectivity index (χ1) is 8.40. The number of hydrogen-bond acceptors (Lipinski definition) is 3. The zero-order valence-corrected chi connectivity index (χ0v) is 9.74. The largest absolute Gasteiger partial charge is 0.347 e. The Morgan fingerprint density at radius 2 is 2.24 bits per heavy atom. The zero-order valence-electron chi connectivity index (χ0n) is 8.92. The molecule has 0 fully saturated rings. The standard InChI is InChI=1S/C13H9N3S/c14-7-10(13-15-5-6-16-13)11-8-17-12-4-2-1-3-9(11)12/h1-6,8,10H,(H,15,16). The van der Waals surface area contributed by atoms with Gasteiger partial charge >= 0.3 is 0 Å². The van der Waals surface area contributed by atoms with E-state index in [4.69, 9.17) is 0 Å². The van der Waals surface area contributed by atoms with Crippen molar-refractivity contribution in [3.63, 3.8) is 0 Å². The summed E-state index contributed by atoms with van der Waals surface area (Å²) in [5, 5.41) is 12.5. The number of hydrogen-bond donors (Lipinski definition) is 1. The number of benzene rings is 1. The van der Waals surface area contributed by atoms with E-state index in [1.165, 1.54) is 4.70 Å². The molecule has 0 saturated carbocycles. The molecule has 3 rings (SSSR count). The fourth-order valence-electron chi connectivity index (χ4n) is 1.94. The summed E-state index contributed by atoms with van der Waals surface area (Å²) in [6.45, 7) is 0. The third-order valence-corrected chi connectivity index (χ3v) is 3.73. The van der Waals surface area contributed by atoms with Crippen LogP contribution < -0.4 is 0 Å². The van der Waals surface area contributed by atoms with Gasteiger partial charge in [-0.3, -0.25) is 0 Å². The second-order valence-corrected chi connectivity index (χ2v) is 4.63. The number of thiophene rings is 1. The summed E-state index contributed by atoms with van der Waals surface area (Å²) in [6.07, 6.45) is 3.42. The Morgan fingerprint density at radius 1 is 1.35 bits per heavy atom. The molecular weight excluding hydrogens is 230 g/mol. The first-order valence-electron chi connectivity index (χ1n) is 5.25.